The first kappa shape index (κ1) is 15.0. The minimum Gasteiger partial charge on any atom is -0.293 e. The minimum atomic E-state index is -1.39. The second-order valence-electron chi connectivity index (χ2n) is 5.05. The lowest BCUT2D eigenvalue weighted by molar-refractivity contribution is 0.0991. The van der Waals surface area contributed by atoms with Crippen LogP contribution in [0.5, 0.6) is 0 Å². The van der Waals surface area contributed by atoms with Crippen molar-refractivity contribution < 1.29 is 17.8 Å². The van der Waals surface area contributed by atoms with Gasteiger partial charge in [0, 0.05) is 21.1 Å². The average molecular weight is 274 g/mol. The van der Waals surface area contributed by atoms with Crippen LogP contribution in [0.3, 0.4) is 0 Å². The molecule has 0 aliphatic heterocycles. The van der Waals surface area contributed by atoms with Gasteiger partial charge in [0.15, 0.2) is 17.4 Å². The molecule has 0 amide bonds. The van der Waals surface area contributed by atoms with Gasteiger partial charge in [-0.15, -0.1) is 0 Å². The number of carbonyl (C=O) groups is 1. The second-order valence-corrected chi connectivity index (χ2v) is 7.57. The van der Waals surface area contributed by atoms with Gasteiger partial charge in [-0.2, -0.15) is 0 Å². The summed E-state index contributed by atoms with van der Waals surface area (Å²) in [4.78, 5) is 12.0. The summed E-state index contributed by atoms with van der Waals surface area (Å²) in [5, 5.41) is -0.755. The first-order valence-electron chi connectivity index (χ1n) is 5.54. The fourth-order valence-electron chi connectivity index (χ4n) is 1.51. The quantitative estimate of drug-likeness (QED) is 0.794. The molecule has 2 unspecified atom stereocenters. The third-order valence-corrected chi connectivity index (χ3v) is 4.56. The van der Waals surface area contributed by atoms with Gasteiger partial charge in [0.2, 0.25) is 0 Å². The molecule has 0 N–H and O–H groups in total. The Hall–Kier alpha value is -1.10. The molecule has 1 aromatic carbocycles. The Kier molecular flexibility index (Phi) is 4.37. The molecule has 2 atom stereocenters. The number of Topliss-reactive ketones (excluding diaryl/α,β-unsaturated/α-hetero) is 1. The van der Waals surface area contributed by atoms with Crippen LogP contribution in [0.1, 0.15) is 38.1 Å². The van der Waals surface area contributed by atoms with Gasteiger partial charge in [-0.3, -0.25) is 9.00 Å². The Bertz CT molecular complexity index is 492. The van der Waals surface area contributed by atoms with Crippen LogP contribution in [0.4, 0.5) is 8.78 Å². The molecule has 1 aromatic rings. The topological polar surface area (TPSA) is 34.1 Å². The van der Waals surface area contributed by atoms with Crippen molar-refractivity contribution in [3.63, 3.8) is 0 Å². The van der Waals surface area contributed by atoms with Crippen LogP contribution in [0.15, 0.2) is 18.2 Å². The van der Waals surface area contributed by atoms with Gasteiger partial charge in [0.25, 0.3) is 0 Å². The molecule has 0 fully saturated rings. The molecule has 0 saturated heterocycles. The van der Waals surface area contributed by atoms with Crippen LogP contribution < -0.4 is 0 Å². The predicted octanol–water partition coefficient (Wildman–Crippen LogP) is 3.08. The SMILES string of the molecule is CC(C(=O)c1ccc(F)c(F)c1)S(=O)C(C)(C)C. The molecule has 100 valence electrons. The van der Waals surface area contributed by atoms with Crippen LogP contribution in [-0.2, 0) is 10.8 Å². The van der Waals surface area contributed by atoms with Crippen LogP contribution in [0.2, 0.25) is 0 Å². The molecule has 18 heavy (non-hydrogen) atoms. The summed E-state index contributed by atoms with van der Waals surface area (Å²) < 4.78 is 37.3. The standard InChI is InChI=1S/C13H16F2O2S/c1-8(18(17)13(2,3)4)12(16)9-5-6-10(14)11(15)7-9/h5-8H,1-4H3. The van der Waals surface area contributed by atoms with Crippen molar-refractivity contribution in [2.24, 2.45) is 0 Å². The van der Waals surface area contributed by atoms with E-state index in [-0.39, 0.29) is 5.56 Å². The highest BCUT2D eigenvalue weighted by molar-refractivity contribution is 7.87. The molecular weight excluding hydrogens is 258 g/mol. The molecular formula is C13H16F2O2S. The van der Waals surface area contributed by atoms with Crippen LogP contribution in [0, 0.1) is 11.6 Å². The van der Waals surface area contributed by atoms with Crippen molar-refractivity contribution in [2.45, 2.75) is 37.7 Å². The Morgan fingerprint density at radius 1 is 1.22 bits per heavy atom. The van der Waals surface area contributed by atoms with E-state index in [1.807, 2.05) is 0 Å². The molecule has 5 heteroatoms. The maximum absolute atomic E-state index is 13.0. The highest BCUT2D eigenvalue weighted by atomic mass is 32.2. The van der Waals surface area contributed by atoms with Gasteiger partial charge >= 0.3 is 0 Å². The molecule has 0 radical (unpaired) electrons. The molecule has 0 spiro atoms. The van der Waals surface area contributed by atoms with Gasteiger partial charge in [-0.05, 0) is 45.9 Å². The first-order chi connectivity index (χ1) is 8.14. The molecule has 0 heterocycles. The number of rotatable bonds is 3. The van der Waals surface area contributed by atoms with E-state index in [0.717, 1.165) is 12.1 Å². The molecule has 0 aliphatic rings. The first-order valence-corrected chi connectivity index (χ1v) is 6.76. The van der Waals surface area contributed by atoms with Crippen molar-refractivity contribution >= 4 is 16.6 Å². The maximum atomic E-state index is 13.0. The number of benzene rings is 1. The zero-order chi connectivity index (χ0) is 14.1. The van der Waals surface area contributed by atoms with Crippen molar-refractivity contribution in [1.29, 1.82) is 0 Å². The fraction of sp³-hybridized carbons (Fsp3) is 0.462. The number of hydrogen-bond donors (Lipinski definition) is 0. The fourth-order valence-corrected chi connectivity index (χ4v) is 2.90. The lowest BCUT2D eigenvalue weighted by atomic mass is 10.1. The number of hydrogen-bond acceptors (Lipinski definition) is 2. The van der Waals surface area contributed by atoms with E-state index >= 15 is 0 Å². The summed E-state index contributed by atoms with van der Waals surface area (Å²) >= 11 is 0. The van der Waals surface area contributed by atoms with Crippen LogP contribution in [-0.4, -0.2) is 20.0 Å². The molecule has 1 rings (SSSR count). The van der Waals surface area contributed by atoms with Crippen LogP contribution >= 0.6 is 0 Å². The normalized spacial score (nSPS) is 15.2. The summed E-state index contributed by atoms with van der Waals surface area (Å²) in [6.07, 6.45) is 0. The minimum absolute atomic E-state index is 0.0407. The highest BCUT2D eigenvalue weighted by Gasteiger charge is 2.30. The third-order valence-electron chi connectivity index (χ3n) is 2.50. The summed E-state index contributed by atoms with van der Waals surface area (Å²) in [6.45, 7) is 6.82. The summed E-state index contributed by atoms with van der Waals surface area (Å²) in [7, 11) is -1.39. The smallest absolute Gasteiger partial charge is 0.178 e. The van der Waals surface area contributed by atoms with Crippen LogP contribution in [0.25, 0.3) is 0 Å². The molecule has 0 bridgehead atoms. The molecule has 0 aliphatic carbocycles. The molecule has 0 aromatic heterocycles. The van der Waals surface area contributed by atoms with Gasteiger partial charge < -0.3 is 0 Å². The number of halogens is 2. The Labute approximate surface area is 108 Å². The summed E-state index contributed by atoms with van der Waals surface area (Å²) in [5.41, 5.74) is 0.0407. The Morgan fingerprint density at radius 3 is 2.22 bits per heavy atom. The van der Waals surface area contributed by atoms with Gasteiger partial charge in [-0.25, -0.2) is 8.78 Å². The Balaban J connectivity index is 3.00. The van der Waals surface area contributed by atoms with E-state index in [2.05, 4.69) is 0 Å². The number of ketones is 1. The van der Waals surface area contributed by atoms with E-state index in [1.165, 1.54) is 13.0 Å². The zero-order valence-corrected chi connectivity index (χ0v) is 11.6. The van der Waals surface area contributed by atoms with E-state index in [4.69, 9.17) is 0 Å². The second kappa shape index (κ2) is 5.26. The Morgan fingerprint density at radius 2 is 1.78 bits per heavy atom. The average Bonchev–Trinajstić information content (AvgIpc) is 2.28. The summed E-state index contributed by atoms with van der Waals surface area (Å²) in [6, 6.07) is 2.94. The lowest BCUT2D eigenvalue weighted by Crippen LogP contribution is -2.34. The molecule has 2 nitrogen and oxygen atoms in total. The van der Waals surface area contributed by atoms with Crippen molar-refractivity contribution in [3.05, 3.63) is 35.4 Å². The van der Waals surface area contributed by atoms with Gasteiger partial charge in [0.1, 0.15) is 0 Å². The van der Waals surface area contributed by atoms with E-state index in [9.17, 15) is 17.8 Å². The van der Waals surface area contributed by atoms with Crippen molar-refractivity contribution in [3.8, 4) is 0 Å². The van der Waals surface area contributed by atoms with Crippen molar-refractivity contribution in [2.75, 3.05) is 0 Å². The van der Waals surface area contributed by atoms with E-state index < -0.39 is 38.2 Å². The predicted molar refractivity (Wildman–Crippen MR) is 68.0 cm³/mol. The monoisotopic (exact) mass is 274 g/mol. The summed E-state index contributed by atoms with van der Waals surface area (Å²) in [5.74, 6) is -2.52. The third kappa shape index (κ3) is 3.22. The van der Waals surface area contributed by atoms with E-state index in [1.54, 1.807) is 20.8 Å². The lowest BCUT2D eigenvalue weighted by Gasteiger charge is -2.22. The highest BCUT2D eigenvalue weighted by Crippen LogP contribution is 2.20. The van der Waals surface area contributed by atoms with E-state index in [0.29, 0.717) is 0 Å². The number of carbonyl (C=O) groups excluding carboxylic acids is 1. The zero-order valence-electron chi connectivity index (χ0n) is 10.8. The largest absolute Gasteiger partial charge is 0.293 e. The van der Waals surface area contributed by atoms with Gasteiger partial charge in [-0.1, -0.05) is 0 Å². The molecule has 0 saturated carbocycles. The van der Waals surface area contributed by atoms with Gasteiger partial charge in [0.05, 0.1) is 5.25 Å². The maximum Gasteiger partial charge on any atom is 0.178 e. The van der Waals surface area contributed by atoms with Crippen molar-refractivity contribution in [1.82, 2.24) is 0 Å².